The second-order valence-corrected chi connectivity index (χ2v) is 5.01. The molecule has 22 heavy (non-hydrogen) atoms. The second kappa shape index (κ2) is 7.04. The third kappa shape index (κ3) is 3.62. The lowest BCUT2D eigenvalue weighted by Gasteiger charge is -2.12. The molecular weight excluding hydrogens is 282 g/mol. The maximum atomic E-state index is 5.57. The molecule has 3 rings (SSSR count). The number of methoxy groups -OCH3 is 1. The van der Waals surface area contributed by atoms with Gasteiger partial charge in [0.15, 0.2) is 5.82 Å². The Bertz CT molecular complexity index is 616. The Hall–Kier alpha value is -2.41. The van der Waals surface area contributed by atoms with Crippen LogP contribution in [0.3, 0.4) is 0 Å². The summed E-state index contributed by atoms with van der Waals surface area (Å²) in [5, 5.41) is 14.3. The topological polar surface area (TPSA) is 81.2 Å². The molecule has 2 N–H and O–H groups in total. The zero-order valence-corrected chi connectivity index (χ0v) is 12.5. The monoisotopic (exact) mass is 301 g/mol. The maximum Gasteiger partial charge on any atom is 0.249 e. The molecule has 1 unspecified atom stereocenters. The molecule has 0 radical (unpaired) electrons. The number of nitrogens with one attached hydrogen (secondary N) is 2. The van der Waals surface area contributed by atoms with Crippen molar-refractivity contribution in [1.82, 2.24) is 15.2 Å². The molecular formula is C15H19N5O2. The lowest BCUT2D eigenvalue weighted by Crippen LogP contribution is -2.19. The van der Waals surface area contributed by atoms with Crippen molar-refractivity contribution in [3.8, 4) is 5.75 Å². The van der Waals surface area contributed by atoms with Crippen LogP contribution in [-0.2, 0) is 4.74 Å². The molecule has 1 fully saturated rings. The number of aromatic nitrogens is 3. The summed E-state index contributed by atoms with van der Waals surface area (Å²) in [6, 6.07) is 7.59. The van der Waals surface area contributed by atoms with Crippen molar-refractivity contribution in [2.75, 3.05) is 30.9 Å². The minimum absolute atomic E-state index is 0.251. The summed E-state index contributed by atoms with van der Waals surface area (Å²) in [6.45, 7) is 1.57. The van der Waals surface area contributed by atoms with Crippen LogP contribution >= 0.6 is 0 Å². The molecule has 1 aliphatic heterocycles. The van der Waals surface area contributed by atoms with E-state index in [1.807, 2.05) is 24.3 Å². The van der Waals surface area contributed by atoms with E-state index in [-0.39, 0.29) is 6.10 Å². The van der Waals surface area contributed by atoms with Crippen molar-refractivity contribution in [3.05, 3.63) is 30.5 Å². The van der Waals surface area contributed by atoms with Gasteiger partial charge in [-0.15, -0.1) is 5.10 Å². The predicted molar refractivity (Wildman–Crippen MR) is 83.6 cm³/mol. The first-order valence-electron chi connectivity index (χ1n) is 7.30. The van der Waals surface area contributed by atoms with Gasteiger partial charge in [-0.3, -0.25) is 0 Å². The van der Waals surface area contributed by atoms with Gasteiger partial charge in [0.25, 0.3) is 0 Å². The second-order valence-electron chi connectivity index (χ2n) is 5.01. The van der Waals surface area contributed by atoms with Gasteiger partial charge in [0.2, 0.25) is 5.95 Å². The summed E-state index contributed by atoms with van der Waals surface area (Å²) < 4.78 is 10.9. The molecule has 0 spiro atoms. The lowest BCUT2D eigenvalue weighted by atomic mass is 10.2. The molecule has 2 aromatic rings. The molecule has 1 aromatic heterocycles. The van der Waals surface area contributed by atoms with Gasteiger partial charge in [0.05, 0.1) is 25.1 Å². The van der Waals surface area contributed by atoms with E-state index in [9.17, 15) is 0 Å². The fraction of sp³-hybridized carbons (Fsp3) is 0.400. The molecule has 7 heteroatoms. The van der Waals surface area contributed by atoms with Crippen molar-refractivity contribution < 1.29 is 9.47 Å². The first kappa shape index (κ1) is 14.5. The summed E-state index contributed by atoms with van der Waals surface area (Å²) in [5.41, 5.74) is 0.795. The summed E-state index contributed by atoms with van der Waals surface area (Å²) in [5.74, 6) is 1.81. The average molecular weight is 301 g/mol. The molecule has 0 bridgehead atoms. The minimum atomic E-state index is 0.251. The Morgan fingerprint density at radius 2 is 2.27 bits per heavy atom. The van der Waals surface area contributed by atoms with Gasteiger partial charge in [-0.2, -0.15) is 10.1 Å². The van der Waals surface area contributed by atoms with Gasteiger partial charge >= 0.3 is 0 Å². The number of para-hydroxylation sites is 2. The highest BCUT2D eigenvalue weighted by Crippen LogP contribution is 2.25. The molecule has 116 valence electrons. The van der Waals surface area contributed by atoms with Crippen LogP contribution in [0.5, 0.6) is 5.75 Å². The van der Waals surface area contributed by atoms with E-state index in [4.69, 9.17) is 9.47 Å². The third-order valence-corrected chi connectivity index (χ3v) is 3.45. The number of rotatable bonds is 6. The van der Waals surface area contributed by atoms with E-state index in [1.165, 1.54) is 0 Å². The third-order valence-electron chi connectivity index (χ3n) is 3.45. The molecule has 0 aliphatic carbocycles. The highest BCUT2D eigenvalue weighted by Gasteiger charge is 2.15. The zero-order chi connectivity index (χ0) is 15.2. The zero-order valence-electron chi connectivity index (χ0n) is 12.5. The highest BCUT2D eigenvalue weighted by atomic mass is 16.5. The van der Waals surface area contributed by atoms with E-state index in [1.54, 1.807) is 13.3 Å². The Balaban J connectivity index is 1.65. The highest BCUT2D eigenvalue weighted by molar-refractivity contribution is 5.62. The number of anilines is 3. The minimum Gasteiger partial charge on any atom is -0.495 e. The normalized spacial score (nSPS) is 17.2. The number of benzene rings is 1. The molecule has 1 saturated heterocycles. The molecule has 7 nitrogen and oxygen atoms in total. The van der Waals surface area contributed by atoms with Crippen molar-refractivity contribution in [2.45, 2.75) is 18.9 Å². The van der Waals surface area contributed by atoms with Crippen LogP contribution in [0.1, 0.15) is 12.8 Å². The van der Waals surface area contributed by atoms with E-state index >= 15 is 0 Å². The first-order chi connectivity index (χ1) is 10.8. The predicted octanol–water partition coefficient (Wildman–Crippen LogP) is 2.21. The van der Waals surface area contributed by atoms with Crippen LogP contribution in [0.4, 0.5) is 17.5 Å². The smallest absolute Gasteiger partial charge is 0.249 e. The summed E-state index contributed by atoms with van der Waals surface area (Å²) in [4.78, 5) is 4.40. The number of hydrogen-bond donors (Lipinski definition) is 2. The Morgan fingerprint density at radius 1 is 1.36 bits per heavy atom. The Kier molecular flexibility index (Phi) is 4.65. The summed E-state index contributed by atoms with van der Waals surface area (Å²) in [7, 11) is 1.62. The van der Waals surface area contributed by atoms with Crippen molar-refractivity contribution >= 4 is 17.5 Å². The van der Waals surface area contributed by atoms with Gasteiger partial charge in [-0.05, 0) is 25.0 Å². The van der Waals surface area contributed by atoms with Gasteiger partial charge < -0.3 is 20.1 Å². The molecule has 2 heterocycles. The van der Waals surface area contributed by atoms with E-state index in [2.05, 4.69) is 25.8 Å². The summed E-state index contributed by atoms with van der Waals surface area (Å²) in [6.07, 6.45) is 4.05. The van der Waals surface area contributed by atoms with Crippen LogP contribution in [0.2, 0.25) is 0 Å². The Labute approximate surface area is 129 Å². The van der Waals surface area contributed by atoms with Crippen molar-refractivity contribution in [3.63, 3.8) is 0 Å². The van der Waals surface area contributed by atoms with Crippen molar-refractivity contribution in [1.29, 1.82) is 0 Å². The van der Waals surface area contributed by atoms with Gasteiger partial charge in [0, 0.05) is 13.2 Å². The molecule has 1 aliphatic rings. The van der Waals surface area contributed by atoms with E-state index < -0.39 is 0 Å². The quantitative estimate of drug-likeness (QED) is 0.846. The SMILES string of the molecule is COc1ccccc1Nc1nncc(NCC2CCCO2)n1. The first-order valence-corrected chi connectivity index (χ1v) is 7.30. The maximum absolute atomic E-state index is 5.57. The lowest BCUT2D eigenvalue weighted by molar-refractivity contribution is 0.120. The molecule has 1 atom stereocenters. The van der Waals surface area contributed by atoms with Gasteiger partial charge in [0.1, 0.15) is 5.75 Å². The van der Waals surface area contributed by atoms with E-state index in [0.717, 1.165) is 37.4 Å². The summed E-state index contributed by atoms with van der Waals surface area (Å²) >= 11 is 0. The van der Waals surface area contributed by atoms with Crippen LogP contribution in [0.25, 0.3) is 0 Å². The van der Waals surface area contributed by atoms with Crippen LogP contribution < -0.4 is 15.4 Å². The number of ether oxygens (including phenoxy) is 2. The number of hydrogen-bond acceptors (Lipinski definition) is 7. The van der Waals surface area contributed by atoms with Crippen LogP contribution in [0.15, 0.2) is 30.5 Å². The fourth-order valence-electron chi connectivity index (χ4n) is 2.33. The Morgan fingerprint density at radius 3 is 3.09 bits per heavy atom. The van der Waals surface area contributed by atoms with E-state index in [0.29, 0.717) is 11.8 Å². The largest absolute Gasteiger partial charge is 0.495 e. The van der Waals surface area contributed by atoms with Gasteiger partial charge in [-0.1, -0.05) is 12.1 Å². The average Bonchev–Trinajstić information content (AvgIpc) is 3.07. The molecule has 1 aromatic carbocycles. The fourth-order valence-corrected chi connectivity index (χ4v) is 2.33. The van der Waals surface area contributed by atoms with Crippen molar-refractivity contribution in [2.24, 2.45) is 0 Å². The van der Waals surface area contributed by atoms with Crippen LogP contribution in [-0.4, -0.2) is 41.5 Å². The van der Waals surface area contributed by atoms with Gasteiger partial charge in [-0.25, -0.2) is 0 Å². The standard InChI is InChI=1S/C15H19N5O2/c1-21-13-7-3-2-6-12(13)18-15-19-14(10-17-20-15)16-9-11-5-4-8-22-11/h2-3,6-7,10-11H,4-5,8-9H2,1H3,(H2,16,18,19,20). The molecule has 0 saturated carbocycles. The van der Waals surface area contributed by atoms with Crippen LogP contribution in [0, 0.1) is 0 Å². The number of nitrogens with zero attached hydrogens (tertiary/aromatic N) is 3. The molecule has 0 amide bonds.